The summed E-state index contributed by atoms with van der Waals surface area (Å²) in [5.74, 6) is 1.94. The van der Waals surface area contributed by atoms with Gasteiger partial charge in [0.1, 0.15) is 0 Å². The average Bonchev–Trinajstić information content (AvgIpc) is 3.60. The van der Waals surface area contributed by atoms with Crippen molar-refractivity contribution in [2.24, 2.45) is 0 Å². The highest BCUT2D eigenvalue weighted by atomic mass is 15.0. The molecular weight excluding hydrogens is 727 g/mol. The minimum Gasteiger partial charge on any atom is -0.208 e. The van der Waals surface area contributed by atoms with Crippen LogP contribution in [0.25, 0.3) is 89.8 Å². The highest BCUT2D eigenvalue weighted by Crippen LogP contribution is 2.57. The van der Waals surface area contributed by atoms with Gasteiger partial charge in [-0.1, -0.05) is 207 Å². The standard InChI is InChI=1S/C57H43N3/c1-4-15-39(16-5-1)40-29-33-44(34-30-40)55-58-54(43-17-6-2-7-18-43)59-56(60-55)48-22-13-21-47(38-48)46-20-12-19-45(37-46)41-27-31-42(32-28-41)49-24-14-26-52-53(49)50-23-8-9-25-51(50)57(52)35-10-3-11-36-57/h1-2,4-9,12-34,37-38H,3,10-11,35-36H2. The van der Waals surface area contributed by atoms with E-state index in [1.807, 2.05) is 36.4 Å². The molecule has 286 valence electrons. The molecule has 1 fully saturated rings. The van der Waals surface area contributed by atoms with Gasteiger partial charge >= 0.3 is 0 Å². The highest BCUT2D eigenvalue weighted by Gasteiger charge is 2.44. The van der Waals surface area contributed by atoms with E-state index in [0.717, 1.165) is 33.4 Å². The Hall–Kier alpha value is -7.23. The van der Waals surface area contributed by atoms with Gasteiger partial charge in [-0.2, -0.15) is 0 Å². The second-order valence-electron chi connectivity index (χ2n) is 16.3. The Morgan fingerprint density at radius 3 is 1.35 bits per heavy atom. The maximum Gasteiger partial charge on any atom is 0.164 e. The van der Waals surface area contributed by atoms with Crippen LogP contribution in [0.5, 0.6) is 0 Å². The Kier molecular flexibility index (Phi) is 9.08. The summed E-state index contributed by atoms with van der Waals surface area (Å²) in [4.78, 5) is 15.1. The number of hydrogen-bond acceptors (Lipinski definition) is 3. The molecule has 60 heavy (non-hydrogen) atoms. The Balaban J connectivity index is 0.913. The largest absolute Gasteiger partial charge is 0.208 e. The fourth-order valence-corrected chi connectivity index (χ4v) is 9.79. The second kappa shape index (κ2) is 15.2. The molecule has 9 aromatic rings. The molecule has 1 spiro atoms. The zero-order valence-electron chi connectivity index (χ0n) is 33.4. The van der Waals surface area contributed by atoms with Crippen LogP contribution in [0.3, 0.4) is 0 Å². The van der Waals surface area contributed by atoms with Crippen LogP contribution < -0.4 is 0 Å². The summed E-state index contributed by atoms with van der Waals surface area (Å²) < 4.78 is 0. The molecule has 3 heteroatoms. The Bertz CT molecular complexity index is 2980. The Labute approximate surface area is 352 Å². The number of aromatic nitrogens is 3. The molecule has 11 rings (SSSR count). The first kappa shape index (κ1) is 35.9. The molecule has 0 atom stereocenters. The van der Waals surface area contributed by atoms with Crippen LogP contribution in [0, 0.1) is 0 Å². The first-order chi connectivity index (χ1) is 29.7. The van der Waals surface area contributed by atoms with Gasteiger partial charge in [-0.05, 0) is 91.7 Å². The molecule has 2 aliphatic rings. The van der Waals surface area contributed by atoms with E-state index in [1.165, 1.54) is 82.2 Å². The lowest BCUT2D eigenvalue weighted by Crippen LogP contribution is -2.27. The molecule has 0 radical (unpaired) electrons. The Morgan fingerprint density at radius 2 is 0.683 bits per heavy atom. The quantitative estimate of drug-likeness (QED) is 0.162. The van der Waals surface area contributed by atoms with Crippen LogP contribution >= 0.6 is 0 Å². The molecule has 2 aliphatic carbocycles. The Morgan fingerprint density at radius 1 is 0.283 bits per heavy atom. The molecule has 8 aromatic carbocycles. The predicted octanol–water partition coefficient (Wildman–Crippen LogP) is 14.8. The predicted molar refractivity (Wildman–Crippen MR) is 247 cm³/mol. The molecule has 0 unspecified atom stereocenters. The minimum absolute atomic E-state index is 0.156. The second-order valence-corrected chi connectivity index (χ2v) is 16.3. The summed E-state index contributed by atoms with van der Waals surface area (Å²) in [6.07, 6.45) is 6.43. The minimum atomic E-state index is 0.156. The molecular formula is C57H43N3. The van der Waals surface area contributed by atoms with Crippen molar-refractivity contribution >= 4 is 0 Å². The molecule has 0 N–H and O–H groups in total. The van der Waals surface area contributed by atoms with E-state index >= 15 is 0 Å². The van der Waals surface area contributed by atoms with Crippen LogP contribution in [-0.4, -0.2) is 15.0 Å². The monoisotopic (exact) mass is 769 g/mol. The SMILES string of the molecule is c1ccc(-c2ccc(-c3nc(-c4ccccc4)nc(-c4cccc(-c5cccc(-c6ccc(-c7cccc8c7-c7ccccc7C87CCCCC7)cc6)c5)c4)n3)cc2)cc1. The summed E-state index contributed by atoms with van der Waals surface area (Å²) in [6, 6.07) is 71.8. The van der Waals surface area contributed by atoms with Crippen LogP contribution in [0.2, 0.25) is 0 Å². The normalized spacial score (nSPS) is 13.8. The molecule has 1 saturated carbocycles. The molecule has 0 bridgehead atoms. The van der Waals surface area contributed by atoms with E-state index in [1.54, 1.807) is 0 Å². The lowest BCUT2D eigenvalue weighted by Gasteiger charge is -2.36. The number of rotatable bonds is 7. The van der Waals surface area contributed by atoms with E-state index in [9.17, 15) is 0 Å². The maximum absolute atomic E-state index is 5.07. The lowest BCUT2D eigenvalue weighted by atomic mass is 9.68. The van der Waals surface area contributed by atoms with E-state index in [2.05, 4.69) is 164 Å². The number of benzene rings is 8. The number of hydrogen-bond donors (Lipinski definition) is 0. The fourth-order valence-electron chi connectivity index (χ4n) is 9.79. The number of fused-ring (bicyclic) bond motifs is 5. The van der Waals surface area contributed by atoms with Gasteiger partial charge in [0.2, 0.25) is 0 Å². The molecule has 3 nitrogen and oxygen atoms in total. The van der Waals surface area contributed by atoms with Crippen molar-refractivity contribution in [3.05, 3.63) is 211 Å². The van der Waals surface area contributed by atoms with Crippen molar-refractivity contribution in [3.8, 4) is 89.8 Å². The van der Waals surface area contributed by atoms with Crippen molar-refractivity contribution in [1.82, 2.24) is 15.0 Å². The van der Waals surface area contributed by atoms with Gasteiger partial charge in [0.15, 0.2) is 17.5 Å². The van der Waals surface area contributed by atoms with Crippen LogP contribution in [0.4, 0.5) is 0 Å². The van der Waals surface area contributed by atoms with Crippen molar-refractivity contribution < 1.29 is 0 Å². The lowest BCUT2D eigenvalue weighted by molar-refractivity contribution is 0.353. The molecule has 0 aliphatic heterocycles. The zero-order valence-corrected chi connectivity index (χ0v) is 33.4. The molecule has 1 heterocycles. The summed E-state index contributed by atoms with van der Waals surface area (Å²) in [5.41, 5.74) is 18.5. The van der Waals surface area contributed by atoms with Gasteiger partial charge < -0.3 is 0 Å². The van der Waals surface area contributed by atoms with Crippen molar-refractivity contribution in [1.29, 1.82) is 0 Å². The van der Waals surface area contributed by atoms with Gasteiger partial charge in [0.05, 0.1) is 0 Å². The van der Waals surface area contributed by atoms with Crippen LogP contribution in [0.1, 0.15) is 43.2 Å². The molecule has 0 amide bonds. The fraction of sp³-hybridized carbons (Fsp3) is 0.105. The third-order valence-corrected chi connectivity index (χ3v) is 12.8. The van der Waals surface area contributed by atoms with E-state index in [-0.39, 0.29) is 5.41 Å². The first-order valence-electron chi connectivity index (χ1n) is 21.2. The summed E-state index contributed by atoms with van der Waals surface area (Å²) in [7, 11) is 0. The summed E-state index contributed by atoms with van der Waals surface area (Å²) in [5, 5.41) is 0. The number of nitrogens with zero attached hydrogens (tertiary/aromatic N) is 3. The summed E-state index contributed by atoms with van der Waals surface area (Å²) >= 11 is 0. The zero-order chi connectivity index (χ0) is 39.9. The van der Waals surface area contributed by atoms with E-state index in [4.69, 9.17) is 15.0 Å². The summed E-state index contributed by atoms with van der Waals surface area (Å²) in [6.45, 7) is 0. The third kappa shape index (κ3) is 6.44. The van der Waals surface area contributed by atoms with Crippen molar-refractivity contribution in [2.45, 2.75) is 37.5 Å². The molecule has 0 saturated heterocycles. The highest BCUT2D eigenvalue weighted by molar-refractivity contribution is 5.93. The van der Waals surface area contributed by atoms with Gasteiger partial charge in [-0.15, -0.1) is 0 Å². The van der Waals surface area contributed by atoms with Crippen molar-refractivity contribution in [3.63, 3.8) is 0 Å². The first-order valence-corrected chi connectivity index (χ1v) is 21.2. The van der Waals surface area contributed by atoms with Gasteiger partial charge in [-0.3, -0.25) is 0 Å². The maximum atomic E-state index is 5.07. The van der Waals surface area contributed by atoms with Gasteiger partial charge in [0, 0.05) is 22.1 Å². The van der Waals surface area contributed by atoms with Crippen LogP contribution in [-0.2, 0) is 5.41 Å². The van der Waals surface area contributed by atoms with E-state index < -0.39 is 0 Å². The third-order valence-electron chi connectivity index (χ3n) is 12.8. The van der Waals surface area contributed by atoms with E-state index in [0.29, 0.717) is 17.5 Å². The van der Waals surface area contributed by atoms with Crippen LogP contribution in [0.15, 0.2) is 200 Å². The van der Waals surface area contributed by atoms with Crippen molar-refractivity contribution in [2.75, 3.05) is 0 Å². The van der Waals surface area contributed by atoms with Gasteiger partial charge in [0.25, 0.3) is 0 Å². The molecule has 1 aromatic heterocycles. The smallest absolute Gasteiger partial charge is 0.164 e. The topological polar surface area (TPSA) is 38.7 Å². The van der Waals surface area contributed by atoms with Gasteiger partial charge in [-0.25, -0.2) is 15.0 Å². The average molecular weight is 770 g/mol.